The van der Waals surface area contributed by atoms with Gasteiger partial charge >= 0.3 is 0 Å². The Hall–Kier alpha value is -3.12. The first kappa shape index (κ1) is 27.9. The Morgan fingerprint density at radius 3 is 2.11 bits per heavy atom. The minimum absolute atomic E-state index is 0.00128. The third-order valence-corrected chi connectivity index (χ3v) is 9.60. The fourth-order valence-electron chi connectivity index (χ4n) is 4.01. The van der Waals surface area contributed by atoms with Crippen LogP contribution in [-0.2, 0) is 20.0 Å². The van der Waals surface area contributed by atoms with Crippen molar-refractivity contribution in [1.29, 1.82) is 0 Å². The van der Waals surface area contributed by atoms with Crippen LogP contribution < -0.4 is 14.8 Å². The summed E-state index contributed by atoms with van der Waals surface area (Å²) in [4.78, 5) is 12.9. The average Bonchev–Trinajstić information content (AvgIpc) is 2.91. The molecule has 3 aromatic carbocycles. The van der Waals surface area contributed by atoms with Crippen LogP contribution in [0, 0.1) is 0 Å². The molecule has 0 unspecified atom stereocenters. The van der Waals surface area contributed by atoms with Crippen molar-refractivity contribution in [2.75, 3.05) is 29.7 Å². The molecule has 0 aliphatic carbocycles. The zero-order chi connectivity index (χ0) is 27.3. The highest BCUT2D eigenvalue weighted by atomic mass is 35.5. The van der Waals surface area contributed by atoms with Gasteiger partial charge in [0.15, 0.2) is 0 Å². The van der Waals surface area contributed by atoms with Gasteiger partial charge in [0.05, 0.1) is 27.0 Å². The van der Waals surface area contributed by atoms with Crippen molar-refractivity contribution in [3.8, 4) is 5.75 Å². The summed E-state index contributed by atoms with van der Waals surface area (Å²) >= 11 is 6.22. The molecular formula is C26H28ClN3O6S2. The first-order valence-corrected chi connectivity index (χ1v) is 15.4. The van der Waals surface area contributed by atoms with Gasteiger partial charge in [-0.1, -0.05) is 18.0 Å². The number of hydrogen-bond donors (Lipinski definition) is 2. The van der Waals surface area contributed by atoms with E-state index in [2.05, 4.69) is 10.0 Å². The van der Waals surface area contributed by atoms with Gasteiger partial charge in [-0.05, 0) is 86.5 Å². The van der Waals surface area contributed by atoms with Gasteiger partial charge in [0.2, 0.25) is 10.0 Å². The van der Waals surface area contributed by atoms with Crippen LogP contribution in [0.15, 0.2) is 76.5 Å². The van der Waals surface area contributed by atoms with Crippen LogP contribution >= 0.6 is 11.6 Å². The van der Waals surface area contributed by atoms with E-state index in [1.54, 1.807) is 24.3 Å². The molecule has 202 valence electrons. The summed E-state index contributed by atoms with van der Waals surface area (Å²) in [5.74, 6) is 0.0130. The zero-order valence-electron chi connectivity index (χ0n) is 20.7. The predicted octanol–water partition coefficient (Wildman–Crippen LogP) is 4.97. The SMILES string of the molecule is CCOc1ccc(NS(=O)(=O)c2ccc(NC(=O)c3cc(S(=O)(=O)N4CCCCC4)ccc3Cl)cc2)cc1. The van der Waals surface area contributed by atoms with Crippen LogP contribution in [0.1, 0.15) is 36.5 Å². The number of sulfonamides is 2. The largest absolute Gasteiger partial charge is 0.494 e. The number of rotatable bonds is 9. The third kappa shape index (κ3) is 6.47. The molecule has 0 radical (unpaired) electrons. The van der Waals surface area contributed by atoms with E-state index < -0.39 is 26.0 Å². The number of hydrogen-bond acceptors (Lipinski definition) is 6. The molecule has 4 rings (SSSR count). The minimum Gasteiger partial charge on any atom is -0.494 e. The fraction of sp³-hybridized carbons (Fsp3) is 0.269. The predicted molar refractivity (Wildman–Crippen MR) is 147 cm³/mol. The Morgan fingerprint density at radius 1 is 0.868 bits per heavy atom. The van der Waals surface area contributed by atoms with Gasteiger partial charge in [0.25, 0.3) is 15.9 Å². The van der Waals surface area contributed by atoms with Crippen LogP contribution in [0.25, 0.3) is 0 Å². The molecule has 0 spiro atoms. The Kier molecular flexibility index (Phi) is 8.61. The molecule has 0 atom stereocenters. The number of piperidine rings is 1. The van der Waals surface area contributed by atoms with Crippen LogP contribution in [0.5, 0.6) is 5.75 Å². The van der Waals surface area contributed by atoms with Crippen LogP contribution in [0.3, 0.4) is 0 Å². The van der Waals surface area contributed by atoms with Gasteiger partial charge < -0.3 is 10.1 Å². The highest BCUT2D eigenvalue weighted by Gasteiger charge is 2.27. The normalized spacial score (nSPS) is 14.6. The van der Waals surface area contributed by atoms with Gasteiger partial charge in [-0.3, -0.25) is 9.52 Å². The second kappa shape index (κ2) is 11.7. The van der Waals surface area contributed by atoms with Crippen LogP contribution in [0.2, 0.25) is 5.02 Å². The zero-order valence-corrected chi connectivity index (χ0v) is 23.1. The Morgan fingerprint density at radius 2 is 1.47 bits per heavy atom. The van der Waals surface area contributed by atoms with Crippen molar-refractivity contribution in [2.24, 2.45) is 0 Å². The minimum atomic E-state index is -3.87. The number of carbonyl (C=O) groups excluding carboxylic acids is 1. The van der Waals surface area contributed by atoms with E-state index in [0.717, 1.165) is 19.3 Å². The van der Waals surface area contributed by atoms with Crippen molar-refractivity contribution in [3.05, 3.63) is 77.3 Å². The maximum Gasteiger partial charge on any atom is 0.261 e. The highest BCUT2D eigenvalue weighted by Crippen LogP contribution is 2.26. The maximum absolute atomic E-state index is 13.0. The fourth-order valence-corrected chi connectivity index (χ4v) is 6.81. The third-order valence-electron chi connectivity index (χ3n) is 5.98. The molecule has 1 fully saturated rings. The molecule has 1 amide bonds. The lowest BCUT2D eigenvalue weighted by Gasteiger charge is -2.26. The van der Waals surface area contributed by atoms with E-state index in [0.29, 0.717) is 36.8 Å². The Bertz CT molecular complexity index is 1500. The molecule has 0 bridgehead atoms. The summed E-state index contributed by atoms with van der Waals surface area (Å²) < 4.78 is 60.8. The molecule has 3 aromatic rings. The number of amides is 1. The number of benzene rings is 3. The van der Waals surface area contributed by atoms with E-state index in [1.807, 2.05) is 6.92 Å². The first-order chi connectivity index (χ1) is 18.1. The maximum atomic E-state index is 13.0. The highest BCUT2D eigenvalue weighted by molar-refractivity contribution is 7.92. The second-order valence-corrected chi connectivity index (χ2v) is 12.7. The molecule has 1 heterocycles. The molecule has 12 heteroatoms. The van der Waals surface area contributed by atoms with E-state index in [-0.39, 0.29) is 20.4 Å². The average molecular weight is 578 g/mol. The van der Waals surface area contributed by atoms with Crippen molar-refractivity contribution in [1.82, 2.24) is 4.31 Å². The molecule has 1 aliphatic heterocycles. The number of anilines is 2. The summed E-state index contributed by atoms with van der Waals surface area (Å²) in [6.45, 7) is 3.24. The van der Waals surface area contributed by atoms with Gasteiger partial charge in [-0.2, -0.15) is 4.31 Å². The summed E-state index contributed by atoms with van der Waals surface area (Å²) in [5, 5.41) is 2.74. The van der Waals surface area contributed by atoms with Crippen molar-refractivity contribution < 1.29 is 26.4 Å². The lowest BCUT2D eigenvalue weighted by Crippen LogP contribution is -2.35. The van der Waals surface area contributed by atoms with E-state index in [4.69, 9.17) is 16.3 Å². The molecule has 2 N–H and O–H groups in total. The van der Waals surface area contributed by atoms with Gasteiger partial charge in [-0.15, -0.1) is 0 Å². The molecular weight excluding hydrogens is 550 g/mol. The van der Waals surface area contributed by atoms with Gasteiger partial charge in [0, 0.05) is 24.5 Å². The molecule has 1 aliphatic rings. The molecule has 1 saturated heterocycles. The summed E-state index contributed by atoms with van der Waals surface area (Å²) in [6, 6.07) is 16.1. The Balaban J connectivity index is 1.47. The van der Waals surface area contributed by atoms with E-state index >= 15 is 0 Å². The van der Waals surface area contributed by atoms with E-state index in [9.17, 15) is 21.6 Å². The first-order valence-electron chi connectivity index (χ1n) is 12.1. The smallest absolute Gasteiger partial charge is 0.261 e. The van der Waals surface area contributed by atoms with Crippen LogP contribution in [0.4, 0.5) is 11.4 Å². The molecule has 9 nitrogen and oxygen atoms in total. The standard InChI is InChI=1S/C26H28ClN3O6S2/c1-2-36-21-10-6-20(7-11-21)29-37(32,33)22-12-8-19(9-13-22)28-26(31)24-18-23(14-15-25(24)27)38(34,35)30-16-4-3-5-17-30/h6-15,18,29H,2-5,16-17H2,1H3,(H,28,31). The number of nitrogens with one attached hydrogen (secondary N) is 2. The number of nitrogens with zero attached hydrogens (tertiary/aromatic N) is 1. The number of halogens is 1. The lowest BCUT2D eigenvalue weighted by molar-refractivity contribution is 0.102. The van der Waals surface area contributed by atoms with Gasteiger partial charge in [-0.25, -0.2) is 16.8 Å². The Labute approximate surface area is 227 Å². The van der Waals surface area contributed by atoms with Gasteiger partial charge in [0.1, 0.15) is 5.75 Å². The van der Waals surface area contributed by atoms with Crippen LogP contribution in [-0.4, -0.2) is 46.7 Å². The molecule has 38 heavy (non-hydrogen) atoms. The second-order valence-electron chi connectivity index (χ2n) is 8.65. The monoisotopic (exact) mass is 577 g/mol. The van der Waals surface area contributed by atoms with E-state index in [1.165, 1.54) is 46.8 Å². The number of carbonyl (C=O) groups is 1. The topological polar surface area (TPSA) is 122 Å². The molecule has 0 saturated carbocycles. The van der Waals surface area contributed by atoms with Crippen molar-refractivity contribution in [3.63, 3.8) is 0 Å². The number of ether oxygens (including phenoxy) is 1. The summed E-state index contributed by atoms with van der Waals surface area (Å²) in [6.07, 6.45) is 2.57. The lowest BCUT2D eigenvalue weighted by atomic mass is 10.2. The quantitative estimate of drug-likeness (QED) is 0.370. The van der Waals surface area contributed by atoms with Crippen molar-refractivity contribution >= 4 is 48.9 Å². The summed E-state index contributed by atoms with van der Waals surface area (Å²) in [5.41, 5.74) is 0.689. The molecule has 0 aromatic heterocycles. The summed E-state index contributed by atoms with van der Waals surface area (Å²) in [7, 11) is -7.62. The van der Waals surface area contributed by atoms with Crippen molar-refractivity contribution in [2.45, 2.75) is 36.0 Å².